The molecule has 0 saturated carbocycles. The van der Waals surface area contributed by atoms with E-state index < -0.39 is 0 Å². The topological polar surface area (TPSA) is 0 Å². The second-order valence-corrected chi connectivity index (χ2v) is 5.08. The largest absolute Gasteiger partial charge is 0.0843 e. The van der Waals surface area contributed by atoms with Crippen molar-refractivity contribution in [1.29, 1.82) is 0 Å². The first-order valence-electron chi connectivity index (χ1n) is 6.44. The van der Waals surface area contributed by atoms with Gasteiger partial charge in [-0.05, 0) is 42.4 Å². The Kier molecular flexibility index (Phi) is 5.34. The highest BCUT2D eigenvalue weighted by Crippen LogP contribution is 2.37. The molecule has 0 aliphatic rings. The molecule has 1 rings (SSSR count). The highest BCUT2D eigenvalue weighted by atomic mass is 35.5. The number of hydrogen-bond acceptors (Lipinski definition) is 0. The minimum absolute atomic E-state index is 0.369. The lowest BCUT2D eigenvalue weighted by atomic mass is 9.71. The maximum atomic E-state index is 5.96. The molecular formula is C15H23Cl. The molecular weight excluding hydrogens is 216 g/mol. The van der Waals surface area contributed by atoms with Gasteiger partial charge in [0.1, 0.15) is 0 Å². The highest BCUT2D eigenvalue weighted by Gasteiger charge is 2.28. The van der Waals surface area contributed by atoms with Gasteiger partial charge in [-0.1, -0.05) is 57.3 Å². The van der Waals surface area contributed by atoms with Crippen LogP contribution in [0.5, 0.6) is 0 Å². The standard InChI is InChI=1S/C15H23Cl/c1-4-11-15(6-3,12-5-2)13-7-9-14(16)10-8-13/h7-10H,4-6,11-12H2,1-3H3. The molecule has 0 unspecified atom stereocenters. The van der Waals surface area contributed by atoms with E-state index in [1.165, 1.54) is 37.7 Å². The third-order valence-electron chi connectivity index (χ3n) is 3.59. The maximum absolute atomic E-state index is 5.96. The highest BCUT2D eigenvalue weighted by molar-refractivity contribution is 6.30. The summed E-state index contributed by atoms with van der Waals surface area (Å²) in [6.07, 6.45) is 6.27. The molecule has 0 radical (unpaired) electrons. The van der Waals surface area contributed by atoms with Crippen LogP contribution < -0.4 is 0 Å². The SMILES string of the molecule is CCCC(CC)(CCC)c1ccc(Cl)cc1. The molecule has 0 N–H and O–H groups in total. The summed E-state index contributed by atoms with van der Waals surface area (Å²) in [5.74, 6) is 0. The predicted molar refractivity (Wildman–Crippen MR) is 73.2 cm³/mol. The molecule has 1 aromatic rings. The van der Waals surface area contributed by atoms with E-state index in [4.69, 9.17) is 11.6 Å². The lowest BCUT2D eigenvalue weighted by molar-refractivity contribution is 0.343. The Balaban J connectivity index is 3.02. The van der Waals surface area contributed by atoms with Gasteiger partial charge in [0.2, 0.25) is 0 Å². The molecule has 16 heavy (non-hydrogen) atoms. The van der Waals surface area contributed by atoms with Gasteiger partial charge in [0.15, 0.2) is 0 Å². The first-order chi connectivity index (χ1) is 7.68. The van der Waals surface area contributed by atoms with E-state index in [-0.39, 0.29) is 0 Å². The molecule has 90 valence electrons. The normalized spacial score (nSPS) is 11.8. The van der Waals surface area contributed by atoms with Crippen molar-refractivity contribution >= 4 is 11.6 Å². The fourth-order valence-corrected chi connectivity index (χ4v) is 2.86. The van der Waals surface area contributed by atoms with Crippen LogP contribution in [-0.4, -0.2) is 0 Å². The molecule has 0 amide bonds. The summed E-state index contributed by atoms with van der Waals surface area (Å²) in [6.45, 7) is 6.85. The Bertz CT molecular complexity index is 294. The van der Waals surface area contributed by atoms with Crippen molar-refractivity contribution in [1.82, 2.24) is 0 Å². The Morgan fingerprint density at radius 1 is 0.938 bits per heavy atom. The molecule has 0 fully saturated rings. The fraction of sp³-hybridized carbons (Fsp3) is 0.600. The molecule has 0 saturated heterocycles. The Hall–Kier alpha value is -0.490. The van der Waals surface area contributed by atoms with Crippen LogP contribution in [0.4, 0.5) is 0 Å². The van der Waals surface area contributed by atoms with Crippen molar-refractivity contribution in [2.24, 2.45) is 0 Å². The van der Waals surface area contributed by atoms with Gasteiger partial charge in [-0.2, -0.15) is 0 Å². The van der Waals surface area contributed by atoms with Crippen LogP contribution in [0.2, 0.25) is 5.02 Å². The molecule has 0 nitrogen and oxygen atoms in total. The van der Waals surface area contributed by atoms with Crippen LogP contribution in [0.15, 0.2) is 24.3 Å². The third-order valence-corrected chi connectivity index (χ3v) is 3.84. The van der Waals surface area contributed by atoms with Crippen molar-refractivity contribution in [3.63, 3.8) is 0 Å². The number of benzene rings is 1. The molecule has 0 spiro atoms. The minimum Gasteiger partial charge on any atom is -0.0843 e. The van der Waals surface area contributed by atoms with E-state index >= 15 is 0 Å². The summed E-state index contributed by atoms with van der Waals surface area (Å²) >= 11 is 5.96. The monoisotopic (exact) mass is 238 g/mol. The molecule has 1 heteroatoms. The lowest BCUT2D eigenvalue weighted by Gasteiger charge is -2.33. The van der Waals surface area contributed by atoms with E-state index in [0.29, 0.717) is 5.41 Å². The van der Waals surface area contributed by atoms with E-state index in [9.17, 15) is 0 Å². The molecule has 0 atom stereocenters. The van der Waals surface area contributed by atoms with Crippen LogP contribution in [0.3, 0.4) is 0 Å². The van der Waals surface area contributed by atoms with Gasteiger partial charge >= 0.3 is 0 Å². The average molecular weight is 239 g/mol. The Morgan fingerprint density at radius 2 is 1.44 bits per heavy atom. The quantitative estimate of drug-likeness (QED) is 0.606. The summed E-state index contributed by atoms with van der Waals surface area (Å²) in [5, 5.41) is 0.835. The van der Waals surface area contributed by atoms with E-state index in [2.05, 4.69) is 32.9 Å². The zero-order chi connectivity index (χ0) is 12.0. The second-order valence-electron chi connectivity index (χ2n) is 4.64. The Labute approximate surface area is 105 Å². The van der Waals surface area contributed by atoms with Crippen LogP contribution in [0.1, 0.15) is 58.4 Å². The number of hydrogen-bond donors (Lipinski definition) is 0. The number of halogens is 1. The number of rotatable bonds is 6. The van der Waals surface area contributed by atoms with Crippen molar-refractivity contribution in [3.05, 3.63) is 34.9 Å². The van der Waals surface area contributed by atoms with Gasteiger partial charge in [0.05, 0.1) is 0 Å². The van der Waals surface area contributed by atoms with Crippen LogP contribution in [0.25, 0.3) is 0 Å². The first kappa shape index (κ1) is 13.6. The average Bonchev–Trinajstić information content (AvgIpc) is 2.29. The lowest BCUT2D eigenvalue weighted by Crippen LogP contribution is -2.24. The maximum Gasteiger partial charge on any atom is 0.0406 e. The molecule has 0 aliphatic heterocycles. The fourth-order valence-electron chi connectivity index (χ4n) is 2.73. The van der Waals surface area contributed by atoms with Crippen LogP contribution in [-0.2, 0) is 5.41 Å². The molecule has 0 bridgehead atoms. The predicted octanol–water partition coefficient (Wildman–Crippen LogP) is 5.59. The molecule has 0 aliphatic carbocycles. The van der Waals surface area contributed by atoms with Crippen molar-refractivity contribution < 1.29 is 0 Å². The summed E-state index contributed by atoms with van der Waals surface area (Å²) in [5.41, 5.74) is 1.83. The third kappa shape index (κ3) is 3.01. The second kappa shape index (κ2) is 6.30. The zero-order valence-corrected chi connectivity index (χ0v) is 11.5. The van der Waals surface area contributed by atoms with E-state index in [0.717, 1.165) is 5.02 Å². The Morgan fingerprint density at radius 3 is 1.81 bits per heavy atom. The van der Waals surface area contributed by atoms with Gasteiger partial charge in [-0.3, -0.25) is 0 Å². The van der Waals surface area contributed by atoms with Crippen LogP contribution in [0, 0.1) is 0 Å². The van der Waals surface area contributed by atoms with E-state index in [1.54, 1.807) is 0 Å². The summed E-state index contributed by atoms with van der Waals surface area (Å²) in [7, 11) is 0. The van der Waals surface area contributed by atoms with Gasteiger partial charge in [0, 0.05) is 5.02 Å². The van der Waals surface area contributed by atoms with Crippen molar-refractivity contribution in [3.8, 4) is 0 Å². The molecule has 0 aromatic heterocycles. The summed E-state index contributed by atoms with van der Waals surface area (Å²) in [4.78, 5) is 0. The van der Waals surface area contributed by atoms with Gasteiger partial charge in [0.25, 0.3) is 0 Å². The van der Waals surface area contributed by atoms with Gasteiger partial charge in [-0.15, -0.1) is 0 Å². The van der Waals surface area contributed by atoms with E-state index in [1.807, 2.05) is 12.1 Å². The van der Waals surface area contributed by atoms with Gasteiger partial charge in [-0.25, -0.2) is 0 Å². The molecule has 1 aromatic carbocycles. The zero-order valence-electron chi connectivity index (χ0n) is 10.7. The first-order valence-corrected chi connectivity index (χ1v) is 6.82. The van der Waals surface area contributed by atoms with Crippen LogP contribution >= 0.6 is 11.6 Å². The summed E-state index contributed by atoms with van der Waals surface area (Å²) < 4.78 is 0. The summed E-state index contributed by atoms with van der Waals surface area (Å²) in [6, 6.07) is 8.45. The smallest absolute Gasteiger partial charge is 0.0406 e. The minimum atomic E-state index is 0.369. The van der Waals surface area contributed by atoms with Crippen molar-refractivity contribution in [2.75, 3.05) is 0 Å². The van der Waals surface area contributed by atoms with Crippen molar-refractivity contribution in [2.45, 2.75) is 58.3 Å². The molecule has 0 heterocycles. The van der Waals surface area contributed by atoms with Gasteiger partial charge < -0.3 is 0 Å².